The third kappa shape index (κ3) is 5.67. The highest BCUT2D eigenvalue weighted by Gasteiger charge is 2.42. The van der Waals surface area contributed by atoms with Crippen molar-refractivity contribution in [2.75, 3.05) is 19.6 Å². The molecule has 1 amide bonds. The second-order valence-electron chi connectivity index (χ2n) is 14.3. The maximum atomic E-state index is 14.1. The van der Waals surface area contributed by atoms with Crippen LogP contribution < -0.4 is 5.32 Å². The maximum Gasteiger partial charge on any atom is 0.232 e. The van der Waals surface area contributed by atoms with Gasteiger partial charge in [-0.25, -0.2) is 0 Å². The Morgan fingerprint density at radius 1 is 0.978 bits per heavy atom. The highest BCUT2D eigenvalue weighted by atomic mass is 16.2. The van der Waals surface area contributed by atoms with Gasteiger partial charge in [0.25, 0.3) is 0 Å². The summed E-state index contributed by atoms with van der Waals surface area (Å²) in [5.74, 6) is 1.20. The molecule has 3 aliphatic rings. The molecule has 234 valence electrons. The second kappa shape index (κ2) is 11.8. The first-order valence-corrected chi connectivity index (χ1v) is 16.7. The van der Waals surface area contributed by atoms with E-state index in [9.17, 15) is 4.79 Å². The summed E-state index contributed by atoms with van der Waals surface area (Å²) in [6.45, 7) is 13.5. The van der Waals surface area contributed by atoms with Crippen LogP contribution in [0.3, 0.4) is 0 Å². The first kappa shape index (κ1) is 29.7. The van der Waals surface area contributed by atoms with Crippen molar-refractivity contribution in [3.8, 4) is 11.3 Å². The number of carbonyl (C=O) groups is 1. The quantitative estimate of drug-likeness (QED) is 0.154. The van der Waals surface area contributed by atoms with Gasteiger partial charge in [-0.3, -0.25) is 4.79 Å². The Kier molecular flexibility index (Phi) is 7.76. The molecule has 8 rings (SSSR count). The van der Waals surface area contributed by atoms with Crippen LogP contribution in [-0.4, -0.2) is 56.9 Å². The van der Waals surface area contributed by atoms with Crippen LogP contribution >= 0.6 is 0 Å². The third-order valence-corrected chi connectivity index (χ3v) is 10.5. The fourth-order valence-corrected chi connectivity index (χ4v) is 7.95. The lowest BCUT2D eigenvalue weighted by Gasteiger charge is -2.47. The zero-order valence-electron chi connectivity index (χ0n) is 27.3. The van der Waals surface area contributed by atoms with Crippen LogP contribution in [0.25, 0.3) is 33.2 Å². The molecule has 5 aromatic rings. The van der Waals surface area contributed by atoms with Crippen molar-refractivity contribution in [2.45, 2.75) is 84.1 Å². The summed E-state index contributed by atoms with van der Waals surface area (Å²) in [7, 11) is 0. The molecule has 4 heterocycles. The van der Waals surface area contributed by atoms with Crippen LogP contribution in [0.4, 0.5) is 0 Å². The number of rotatable bonds is 9. The predicted octanol–water partition coefficient (Wildman–Crippen LogP) is 7.34. The van der Waals surface area contributed by atoms with Crippen molar-refractivity contribution in [1.29, 1.82) is 0 Å². The monoisotopic (exact) mass is 602 g/mol. The van der Waals surface area contributed by atoms with Gasteiger partial charge in [0.1, 0.15) is 11.0 Å². The summed E-state index contributed by atoms with van der Waals surface area (Å²) in [4.78, 5) is 20.1. The SMILES string of the molecule is Cc1cc(C)cc(-c2[nH]c3ccc(C(C)(C)C(=O)N4CC5CCC4CC5)cc3c2[C@H](C)CNCCc2ccc3n[nH]nc3c2)c1. The summed E-state index contributed by atoms with van der Waals surface area (Å²) in [5, 5.41) is 16.1. The van der Waals surface area contributed by atoms with E-state index in [0.717, 1.165) is 61.0 Å². The standard InChI is InChI=1S/C38H46N6O/c1-23-16-24(2)18-28(17-23)36-35(25(3)21-39-15-14-26-8-12-33-34(19-26)42-43-41-33)31-20-29(9-13-32(31)40-36)38(4,5)37(45)44-22-27-6-10-30(44)11-7-27/h8-9,12-13,16-20,25,27,30,39-40H,6-7,10-11,14-15,21-22H2,1-5H3,(H,41,42,43)/t25-,27?,30?/m1/s1. The van der Waals surface area contributed by atoms with Crippen molar-refractivity contribution in [3.63, 3.8) is 0 Å². The minimum absolute atomic E-state index is 0.250. The molecule has 2 saturated heterocycles. The van der Waals surface area contributed by atoms with E-state index in [1.54, 1.807) is 0 Å². The smallest absolute Gasteiger partial charge is 0.232 e. The lowest BCUT2D eigenvalue weighted by molar-refractivity contribution is -0.144. The topological polar surface area (TPSA) is 89.7 Å². The molecule has 1 aliphatic carbocycles. The molecule has 0 radical (unpaired) electrons. The number of hydrogen-bond donors (Lipinski definition) is 3. The molecule has 2 aromatic heterocycles. The van der Waals surface area contributed by atoms with Gasteiger partial charge in [-0.2, -0.15) is 15.4 Å². The average Bonchev–Trinajstić information content (AvgIpc) is 3.67. The number of nitrogens with zero attached hydrogens (tertiary/aromatic N) is 3. The van der Waals surface area contributed by atoms with Gasteiger partial charge in [-0.05, 0) is 137 Å². The van der Waals surface area contributed by atoms with Crippen molar-refractivity contribution in [3.05, 3.63) is 82.4 Å². The van der Waals surface area contributed by atoms with Crippen LogP contribution in [0.15, 0.2) is 54.6 Å². The van der Waals surface area contributed by atoms with Gasteiger partial charge in [-0.1, -0.05) is 36.2 Å². The number of aromatic amines is 2. The largest absolute Gasteiger partial charge is 0.354 e. The number of piperidine rings is 2. The van der Waals surface area contributed by atoms with Crippen LogP contribution in [0.5, 0.6) is 0 Å². The molecular formula is C38H46N6O. The molecule has 3 fully saturated rings. The van der Waals surface area contributed by atoms with E-state index in [1.165, 1.54) is 51.7 Å². The highest BCUT2D eigenvalue weighted by molar-refractivity contribution is 5.94. The van der Waals surface area contributed by atoms with E-state index >= 15 is 0 Å². The summed E-state index contributed by atoms with van der Waals surface area (Å²) in [6, 6.07) is 20.1. The average molecular weight is 603 g/mol. The number of H-pyrrole nitrogens is 2. The van der Waals surface area contributed by atoms with Crippen LogP contribution in [0, 0.1) is 19.8 Å². The van der Waals surface area contributed by atoms with E-state index in [1.807, 2.05) is 6.07 Å². The molecule has 1 atom stereocenters. The third-order valence-electron chi connectivity index (χ3n) is 10.5. The zero-order valence-corrected chi connectivity index (χ0v) is 27.3. The van der Waals surface area contributed by atoms with Gasteiger partial charge in [0, 0.05) is 30.0 Å². The number of benzene rings is 3. The van der Waals surface area contributed by atoms with E-state index in [-0.39, 0.29) is 11.8 Å². The number of amides is 1. The van der Waals surface area contributed by atoms with Crippen molar-refractivity contribution in [2.24, 2.45) is 5.92 Å². The lowest BCUT2D eigenvalue weighted by Crippen LogP contribution is -2.55. The second-order valence-corrected chi connectivity index (χ2v) is 14.3. The molecule has 0 unspecified atom stereocenters. The Hall–Kier alpha value is -3.97. The first-order chi connectivity index (χ1) is 21.7. The fraction of sp³-hybridized carbons (Fsp3) is 0.447. The van der Waals surface area contributed by atoms with Gasteiger partial charge < -0.3 is 15.2 Å². The van der Waals surface area contributed by atoms with E-state index in [4.69, 9.17) is 0 Å². The number of hydrogen-bond acceptors (Lipinski definition) is 4. The van der Waals surface area contributed by atoms with E-state index in [0.29, 0.717) is 12.0 Å². The Morgan fingerprint density at radius 3 is 2.47 bits per heavy atom. The minimum Gasteiger partial charge on any atom is -0.354 e. The zero-order chi connectivity index (χ0) is 31.3. The number of aromatic nitrogens is 4. The molecule has 2 bridgehead atoms. The molecule has 1 saturated carbocycles. The number of carbonyl (C=O) groups excluding carboxylic acids is 1. The Labute approximate surface area is 266 Å². The Bertz CT molecular complexity index is 1840. The minimum atomic E-state index is -0.591. The van der Waals surface area contributed by atoms with Crippen LogP contribution in [-0.2, 0) is 16.6 Å². The van der Waals surface area contributed by atoms with Gasteiger partial charge in [-0.15, -0.1) is 0 Å². The van der Waals surface area contributed by atoms with Crippen LogP contribution in [0.1, 0.15) is 80.2 Å². The van der Waals surface area contributed by atoms with E-state index in [2.05, 4.69) is 114 Å². The molecule has 0 spiro atoms. The highest BCUT2D eigenvalue weighted by Crippen LogP contribution is 2.41. The molecule has 3 N–H and O–H groups in total. The number of aryl methyl sites for hydroxylation is 2. The van der Waals surface area contributed by atoms with Crippen molar-refractivity contribution >= 4 is 27.8 Å². The van der Waals surface area contributed by atoms with Crippen LogP contribution in [0.2, 0.25) is 0 Å². The Balaban J connectivity index is 1.18. The summed E-state index contributed by atoms with van der Waals surface area (Å²) < 4.78 is 0. The maximum absolute atomic E-state index is 14.1. The normalized spacial score (nSPS) is 19.1. The summed E-state index contributed by atoms with van der Waals surface area (Å²) >= 11 is 0. The molecule has 45 heavy (non-hydrogen) atoms. The summed E-state index contributed by atoms with van der Waals surface area (Å²) in [6.07, 6.45) is 5.79. The molecule has 7 nitrogen and oxygen atoms in total. The Morgan fingerprint density at radius 2 is 1.73 bits per heavy atom. The molecule has 2 aliphatic heterocycles. The number of fused-ring (bicyclic) bond motifs is 5. The first-order valence-electron chi connectivity index (χ1n) is 16.7. The van der Waals surface area contributed by atoms with Crippen molar-refractivity contribution in [1.82, 2.24) is 30.6 Å². The predicted molar refractivity (Wildman–Crippen MR) is 183 cm³/mol. The van der Waals surface area contributed by atoms with Crippen molar-refractivity contribution < 1.29 is 4.79 Å². The molecule has 7 heteroatoms. The summed E-state index contributed by atoms with van der Waals surface area (Å²) in [5.41, 5.74) is 10.9. The fourth-order valence-electron chi connectivity index (χ4n) is 7.95. The van der Waals surface area contributed by atoms with Gasteiger partial charge in [0.2, 0.25) is 5.91 Å². The van der Waals surface area contributed by atoms with E-state index < -0.39 is 5.41 Å². The van der Waals surface area contributed by atoms with Gasteiger partial charge in [0.05, 0.1) is 11.1 Å². The molecular weight excluding hydrogens is 556 g/mol. The van der Waals surface area contributed by atoms with Gasteiger partial charge >= 0.3 is 0 Å². The number of nitrogens with one attached hydrogen (secondary N) is 3. The van der Waals surface area contributed by atoms with Gasteiger partial charge in [0.15, 0.2) is 0 Å². The lowest BCUT2D eigenvalue weighted by atomic mass is 9.76. The molecule has 3 aromatic carbocycles.